The molecule has 0 fully saturated rings. The number of hydrogen-bond acceptors (Lipinski definition) is 3. The Balaban J connectivity index is 4.33. The maximum atomic E-state index is 11.5. The monoisotopic (exact) mass is 203 g/mol. The first-order valence-corrected chi connectivity index (χ1v) is 6.26. The molecule has 13 heavy (non-hydrogen) atoms. The average Bonchev–Trinajstić information content (AvgIpc) is 2.03. The quantitative estimate of drug-likeness (QED) is 0.684. The van der Waals surface area contributed by atoms with E-state index in [0.717, 1.165) is 0 Å². The van der Waals surface area contributed by atoms with E-state index in [2.05, 4.69) is 0 Å². The zero-order chi connectivity index (χ0) is 10.5. The Morgan fingerprint density at radius 2 is 1.92 bits per heavy atom. The normalized spacial score (nSPS) is 14.1. The van der Waals surface area contributed by atoms with Crippen molar-refractivity contribution in [1.29, 1.82) is 5.26 Å². The van der Waals surface area contributed by atoms with Gasteiger partial charge in [-0.05, 0) is 18.8 Å². The van der Waals surface area contributed by atoms with Crippen LogP contribution in [-0.4, -0.2) is 19.4 Å². The fraction of sp³-hybridized carbons (Fsp3) is 0.889. The maximum Gasteiger partial charge on any atom is 0.166 e. The standard InChI is InChI=1S/C9H17NO2S/c1-4-9(7-10)13(11,12)6-5-8(2)3/h8-9H,4-6H2,1-3H3. The van der Waals surface area contributed by atoms with Gasteiger partial charge >= 0.3 is 0 Å². The van der Waals surface area contributed by atoms with Gasteiger partial charge in [-0.3, -0.25) is 0 Å². The highest BCUT2D eigenvalue weighted by molar-refractivity contribution is 7.92. The Bertz CT molecular complexity index is 274. The summed E-state index contributed by atoms with van der Waals surface area (Å²) in [7, 11) is -3.18. The third-order valence-electron chi connectivity index (χ3n) is 1.93. The molecular formula is C9H17NO2S. The molecule has 0 bridgehead atoms. The van der Waals surface area contributed by atoms with E-state index >= 15 is 0 Å². The second-order valence-corrected chi connectivity index (χ2v) is 5.88. The topological polar surface area (TPSA) is 57.9 Å². The van der Waals surface area contributed by atoms with Crippen molar-refractivity contribution in [2.45, 2.75) is 38.9 Å². The van der Waals surface area contributed by atoms with Gasteiger partial charge in [-0.15, -0.1) is 0 Å². The largest absolute Gasteiger partial charge is 0.227 e. The van der Waals surface area contributed by atoms with E-state index < -0.39 is 15.1 Å². The van der Waals surface area contributed by atoms with Gasteiger partial charge in [0, 0.05) is 0 Å². The molecule has 0 amide bonds. The maximum absolute atomic E-state index is 11.5. The summed E-state index contributed by atoms with van der Waals surface area (Å²) in [6.07, 6.45) is 1.03. The number of sulfone groups is 1. The van der Waals surface area contributed by atoms with Gasteiger partial charge in [0.15, 0.2) is 9.84 Å². The van der Waals surface area contributed by atoms with Crippen molar-refractivity contribution in [3.05, 3.63) is 0 Å². The third-order valence-corrected chi connectivity index (χ3v) is 4.04. The number of nitrogens with zero attached hydrogens (tertiary/aromatic N) is 1. The van der Waals surface area contributed by atoms with Crippen LogP contribution in [0.2, 0.25) is 0 Å². The van der Waals surface area contributed by atoms with Crippen LogP contribution in [0, 0.1) is 17.2 Å². The van der Waals surface area contributed by atoms with E-state index in [1.165, 1.54) is 0 Å². The van der Waals surface area contributed by atoms with Crippen molar-refractivity contribution in [3.8, 4) is 6.07 Å². The first kappa shape index (κ1) is 12.4. The van der Waals surface area contributed by atoms with E-state index in [4.69, 9.17) is 5.26 Å². The summed E-state index contributed by atoms with van der Waals surface area (Å²) in [6.45, 7) is 5.67. The zero-order valence-corrected chi connectivity index (χ0v) is 9.26. The van der Waals surface area contributed by atoms with Crippen LogP contribution in [0.4, 0.5) is 0 Å². The molecule has 0 N–H and O–H groups in total. The first-order chi connectivity index (χ1) is 5.94. The number of hydrogen-bond donors (Lipinski definition) is 0. The summed E-state index contributed by atoms with van der Waals surface area (Å²) in [5, 5.41) is 7.78. The van der Waals surface area contributed by atoms with Gasteiger partial charge in [0.2, 0.25) is 0 Å². The van der Waals surface area contributed by atoms with Crippen LogP contribution in [0.25, 0.3) is 0 Å². The lowest BCUT2D eigenvalue weighted by Crippen LogP contribution is -2.22. The van der Waals surface area contributed by atoms with Gasteiger partial charge in [0.1, 0.15) is 5.25 Å². The van der Waals surface area contributed by atoms with E-state index in [-0.39, 0.29) is 5.75 Å². The predicted molar refractivity (Wildman–Crippen MR) is 52.9 cm³/mol. The SMILES string of the molecule is CCC(C#N)S(=O)(=O)CCC(C)C. The molecule has 0 aromatic carbocycles. The number of nitriles is 1. The van der Waals surface area contributed by atoms with Crippen LogP contribution in [0.1, 0.15) is 33.6 Å². The van der Waals surface area contributed by atoms with E-state index in [9.17, 15) is 8.42 Å². The molecule has 0 aromatic rings. The Morgan fingerprint density at radius 1 is 1.38 bits per heavy atom. The average molecular weight is 203 g/mol. The van der Waals surface area contributed by atoms with Gasteiger partial charge in [-0.2, -0.15) is 5.26 Å². The summed E-state index contributed by atoms with van der Waals surface area (Å²) < 4.78 is 22.9. The Hall–Kier alpha value is -0.560. The molecule has 0 aromatic heterocycles. The number of rotatable bonds is 5. The van der Waals surface area contributed by atoms with Crippen molar-refractivity contribution in [2.75, 3.05) is 5.75 Å². The Morgan fingerprint density at radius 3 is 2.23 bits per heavy atom. The Labute approximate surface area is 80.7 Å². The first-order valence-electron chi connectivity index (χ1n) is 4.55. The summed E-state index contributed by atoms with van der Waals surface area (Å²) in [5.41, 5.74) is 0. The zero-order valence-electron chi connectivity index (χ0n) is 8.45. The predicted octanol–water partition coefficient (Wildman–Crippen LogP) is 1.75. The molecule has 0 aliphatic rings. The van der Waals surface area contributed by atoms with Crippen molar-refractivity contribution < 1.29 is 8.42 Å². The molecule has 1 atom stereocenters. The Kier molecular flexibility index (Phi) is 5.01. The van der Waals surface area contributed by atoms with Gasteiger partial charge in [-0.25, -0.2) is 8.42 Å². The fourth-order valence-corrected chi connectivity index (χ4v) is 2.72. The van der Waals surface area contributed by atoms with Gasteiger partial charge < -0.3 is 0 Å². The molecule has 0 rings (SSSR count). The van der Waals surface area contributed by atoms with Crippen LogP contribution < -0.4 is 0 Å². The van der Waals surface area contributed by atoms with Gasteiger partial charge in [0.05, 0.1) is 11.8 Å². The van der Waals surface area contributed by atoms with Crippen LogP contribution in [0.3, 0.4) is 0 Å². The molecular weight excluding hydrogens is 186 g/mol. The minimum Gasteiger partial charge on any atom is -0.227 e. The van der Waals surface area contributed by atoms with Crippen molar-refractivity contribution in [2.24, 2.45) is 5.92 Å². The van der Waals surface area contributed by atoms with Crippen molar-refractivity contribution >= 4 is 9.84 Å². The van der Waals surface area contributed by atoms with Crippen LogP contribution in [-0.2, 0) is 9.84 Å². The molecule has 0 spiro atoms. The van der Waals surface area contributed by atoms with Crippen LogP contribution in [0.15, 0.2) is 0 Å². The highest BCUT2D eigenvalue weighted by atomic mass is 32.2. The second-order valence-electron chi connectivity index (χ2n) is 3.58. The molecule has 0 saturated heterocycles. The van der Waals surface area contributed by atoms with Crippen LogP contribution in [0.5, 0.6) is 0 Å². The summed E-state index contributed by atoms with van der Waals surface area (Å²) in [6, 6.07) is 1.83. The van der Waals surface area contributed by atoms with Crippen LogP contribution >= 0.6 is 0 Å². The van der Waals surface area contributed by atoms with Gasteiger partial charge in [0.25, 0.3) is 0 Å². The molecule has 0 aliphatic heterocycles. The molecule has 76 valence electrons. The minimum absolute atomic E-state index is 0.136. The minimum atomic E-state index is -3.18. The highest BCUT2D eigenvalue weighted by Crippen LogP contribution is 2.10. The summed E-state index contributed by atoms with van der Waals surface area (Å²) >= 11 is 0. The lowest BCUT2D eigenvalue weighted by molar-refractivity contribution is 0.567. The third kappa shape index (κ3) is 4.28. The smallest absolute Gasteiger partial charge is 0.166 e. The molecule has 3 nitrogen and oxygen atoms in total. The molecule has 0 radical (unpaired) electrons. The molecule has 0 saturated carbocycles. The van der Waals surface area contributed by atoms with E-state index in [0.29, 0.717) is 18.8 Å². The lowest BCUT2D eigenvalue weighted by atomic mass is 10.2. The van der Waals surface area contributed by atoms with Crippen molar-refractivity contribution in [3.63, 3.8) is 0 Å². The van der Waals surface area contributed by atoms with E-state index in [1.54, 1.807) is 6.92 Å². The van der Waals surface area contributed by atoms with Gasteiger partial charge in [-0.1, -0.05) is 20.8 Å². The summed E-state index contributed by atoms with van der Waals surface area (Å²) in [4.78, 5) is 0. The summed E-state index contributed by atoms with van der Waals surface area (Å²) in [5.74, 6) is 0.502. The molecule has 0 heterocycles. The van der Waals surface area contributed by atoms with E-state index in [1.807, 2.05) is 19.9 Å². The lowest BCUT2D eigenvalue weighted by Gasteiger charge is -2.09. The second kappa shape index (κ2) is 5.23. The molecule has 0 aliphatic carbocycles. The molecule has 4 heteroatoms. The van der Waals surface area contributed by atoms with Crippen molar-refractivity contribution in [1.82, 2.24) is 0 Å². The fourth-order valence-electron chi connectivity index (χ4n) is 0.968. The highest BCUT2D eigenvalue weighted by Gasteiger charge is 2.22. The molecule has 1 unspecified atom stereocenters.